The number of aromatic amines is 1. The minimum absolute atomic E-state index is 0.0755. The number of fused-ring (bicyclic) bond motifs is 1. The Morgan fingerprint density at radius 1 is 1.14 bits per heavy atom. The van der Waals surface area contributed by atoms with Crippen LogP contribution in [0, 0.1) is 0 Å². The number of nitrogens with zero attached hydrogens (tertiary/aromatic N) is 1. The smallest absolute Gasteiger partial charge is 0.221 e. The second-order valence-corrected chi connectivity index (χ2v) is 4.78. The zero-order valence-corrected chi connectivity index (χ0v) is 11.6. The van der Waals surface area contributed by atoms with Crippen LogP contribution in [0.1, 0.15) is 18.3 Å². The first-order chi connectivity index (χ1) is 10.2. The molecule has 2 aromatic carbocycles. The van der Waals surface area contributed by atoms with Gasteiger partial charge >= 0.3 is 0 Å². The van der Waals surface area contributed by atoms with Gasteiger partial charge in [-0.25, -0.2) is 4.98 Å². The molecule has 4 heteroatoms. The molecular weight excluding hydrogens is 262 g/mol. The Labute approximate surface area is 122 Å². The van der Waals surface area contributed by atoms with Gasteiger partial charge in [0.25, 0.3) is 0 Å². The van der Waals surface area contributed by atoms with E-state index in [1.54, 1.807) is 0 Å². The number of para-hydroxylation sites is 2. The van der Waals surface area contributed by atoms with Crippen molar-refractivity contribution in [2.45, 2.75) is 6.92 Å². The molecule has 0 aliphatic heterocycles. The summed E-state index contributed by atoms with van der Waals surface area (Å²) in [6.45, 7) is 1.50. The number of anilines is 1. The highest BCUT2D eigenvalue weighted by Crippen LogP contribution is 2.15. The molecule has 0 aliphatic carbocycles. The van der Waals surface area contributed by atoms with Crippen LogP contribution in [-0.4, -0.2) is 15.9 Å². The molecule has 1 heterocycles. The minimum atomic E-state index is -0.0755. The van der Waals surface area contributed by atoms with Crippen molar-refractivity contribution in [3.63, 3.8) is 0 Å². The van der Waals surface area contributed by atoms with E-state index < -0.39 is 0 Å². The number of aromatic nitrogens is 2. The van der Waals surface area contributed by atoms with Crippen LogP contribution in [0.25, 0.3) is 23.2 Å². The van der Waals surface area contributed by atoms with E-state index >= 15 is 0 Å². The summed E-state index contributed by atoms with van der Waals surface area (Å²) < 4.78 is 0. The van der Waals surface area contributed by atoms with Gasteiger partial charge in [0.05, 0.1) is 11.0 Å². The van der Waals surface area contributed by atoms with E-state index in [0.717, 1.165) is 28.1 Å². The number of benzene rings is 2. The molecule has 3 aromatic rings. The summed E-state index contributed by atoms with van der Waals surface area (Å²) in [5.74, 6) is 0.731. The highest BCUT2D eigenvalue weighted by Gasteiger charge is 1.99. The molecule has 0 spiro atoms. The van der Waals surface area contributed by atoms with E-state index in [9.17, 15) is 4.79 Å². The monoisotopic (exact) mass is 277 g/mol. The molecule has 0 aliphatic rings. The summed E-state index contributed by atoms with van der Waals surface area (Å²) in [6.07, 6.45) is 3.88. The standard InChI is InChI=1S/C17H15N3O/c1-12(21)18-14-6-4-5-13(11-14)9-10-17-19-15-7-2-3-8-16(15)20-17/h2-11H,1H3,(H,18,21)(H,19,20). The lowest BCUT2D eigenvalue weighted by Gasteiger charge is -2.02. The summed E-state index contributed by atoms with van der Waals surface area (Å²) in [7, 11) is 0. The van der Waals surface area contributed by atoms with Crippen molar-refractivity contribution >= 4 is 34.8 Å². The second kappa shape index (κ2) is 5.63. The average Bonchev–Trinajstić information content (AvgIpc) is 2.87. The first-order valence-electron chi connectivity index (χ1n) is 6.71. The first-order valence-corrected chi connectivity index (χ1v) is 6.71. The number of H-pyrrole nitrogens is 1. The van der Waals surface area contributed by atoms with E-state index in [2.05, 4.69) is 15.3 Å². The van der Waals surface area contributed by atoms with Crippen molar-refractivity contribution in [2.75, 3.05) is 5.32 Å². The van der Waals surface area contributed by atoms with Gasteiger partial charge in [0.2, 0.25) is 5.91 Å². The summed E-state index contributed by atoms with van der Waals surface area (Å²) in [6, 6.07) is 15.6. The molecule has 0 atom stereocenters. The summed E-state index contributed by atoms with van der Waals surface area (Å²) >= 11 is 0. The predicted octanol–water partition coefficient (Wildman–Crippen LogP) is 3.69. The fraction of sp³-hybridized carbons (Fsp3) is 0.0588. The number of carbonyl (C=O) groups excluding carboxylic acids is 1. The van der Waals surface area contributed by atoms with Gasteiger partial charge in [-0.05, 0) is 35.9 Å². The largest absolute Gasteiger partial charge is 0.338 e. The molecule has 21 heavy (non-hydrogen) atoms. The van der Waals surface area contributed by atoms with E-state index in [0.29, 0.717) is 0 Å². The number of nitrogens with one attached hydrogen (secondary N) is 2. The second-order valence-electron chi connectivity index (χ2n) is 4.78. The summed E-state index contributed by atoms with van der Waals surface area (Å²) in [4.78, 5) is 18.8. The van der Waals surface area contributed by atoms with Crippen LogP contribution in [0.5, 0.6) is 0 Å². The molecular formula is C17H15N3O. The minimum Gasteiger partial charge on any atom is -0.338 e. The topological polar surface area (TPSA) is 57.8 Å². The predicted molar refractivity (Wildman–Crippen MR) is 85.8 cm³/mol. The third kappa shape index (κ3) is 3.17. The van der Waals surface area contributed by atoms with Crippen molar-refractivity contribution in [3.05, 3.63) is 59.9 Å². The Morgan fingerprint density at radius 2 is 2.00 bits per heavy atom. The van der Waals surface area contributed by atoms with Crippen molar-refractivity contribution < 1.29 is 4.79 Å². The van der Waals surface area contributed by atoms with E-state index in [-0.39, 0.29) is 5.91 Å². The Balaban J connectivity index is 1.83. The van der Waals surface area contributed by atoms with Crippen LogP contribution < -0.4 is 5.32 Å². The molecule has 0 unspecified atom stereocenters. The average molecular weight is 277 g/mol. The molecule has 2 N–H and O–H groups in total. The SMILES string of the molecule is CC(=O)Nc1cccc(C=Cc2nc3ccccc3[nH]2)c1. The third-order valence-corrected chi connectivity index (χ3v) is 3.05. The third-order valence-electron chi connectivity index (χ3n) is 3.05. The van der Waals surface area contributed by atoms with Crippen LogP contribution in [-0.2, 0) is 4.79 Å². The van der Waals surface area contributed by atoms with E-state index in [1.165, 1.54) is 6.92 Å². The molecule has 104 valence electrons. The van der Waals surface area contributed by atoms with Crippen molar-refractivity contribution in [1.29, 1.82) is 0 Å². The number of carbonyl (C=O) groups is 1. The quantitative estimate of drug-likeness (QED) is 0.767. The lowest BCUT2D eigenvalue weighted by molar-refractivity contribution is -0.114. The van der Waals surface area contributed by atoms with Gasteiger partial charge in [-0.2, -0.15) is 0 Å². The molecule has 1 amide bonds. The van der Waals surface area contributed by atoms with Gasteiger partial charge < -0.3 is 10.3 Å². The maximum Gasteiger partial charge on any atom is 0.221 e. The normalized spacial score (nSPS) is 11.1. The highest BCUT2D eigenvalue weighted by atomic mass is 16.1. The van der Waals surface area contributed by atoms with Crippen LogP contribution in [0.15, 0.2) is 48.5 Å². The summed E-state index contributed by atoms with van der Waals surface area (Å²) in [5, 5.41) is 2.77. The zero-order chi connectivity index (χ0) is 14.7. The molecule has 4 nitrogen and oxygen atoms in total. The number of hydrogen-bond donors (Lipinski definition) is 2. The van der Waals surface area contributed by atoms with Gasteiger partial charge in [0, 0.05) is 12.6 Å². The van der Waals surface area contributed by atoms with Crippen molar-refractivity contribution in [2.24, 2.45) is 0 Å². The van der Waals surface area contributed by atoms with Gasteiger partial charge in [0.15, 0.2) is 0 Å². The maximum atomic E-state index is 11.1. The van der Waals surface area contributed by atoms with Crippen LogP contribution >= 0.6 is 0 Å². The lowest BCUT2D eigenvalue weighted by atomic mass is 10.2. The van der Waals surface area contributed by atoms with E-state index in [4.69, 9.17) is 0 Å². The maximum absolute atomic E-state index is 11.1. The van der Waals surface area contributed by atoms with Crippen LogP contribution in [0.2, 0.25) is 0 Å². The Bertz CT molecular complexity index is 785. The Hall–Kier alpha value is -2.88. The number of hydrogen-bond acceptors (Lipinski definition) is 2. The number of rotatable bonds is 3. The Morgan fingerprint density at radius 3 is 2.81 bits per heavy atom. The fourth-order valence-corrected chi connectivity index (χ4v) is 2.15. The van der Waals surface area contributed by atoms with Gasteiger partial charge in [-0.3, -0.25) is 4.79 Å². The molecule has 0 saturated carbocycles. The number of imidazole rings is 1. The first kappa shape index (κ1) is 13.1. The Kier molecular flexibility index (Phi) is 3.51. The molecule has 1 aromatic heterocycles. The number of amides is 1. The fourth-order valence-electron chi connectivity index (χ4n) is 2.15. The van der Waals surface area contributed by atoms with Gasteiger partial charge in [-0.15, -0.1) is 0 Å². The van der Waals surface area contributed by atoms with E-state index in [1.807, 2.05) is 60.7 Å². The van der Waals surface area contributed by atoms with Crippen LogP contribution in [0.3, 0.4) is 0 Å². The highest BCUT2D eigenvalue weighted by molar-refractivity contribution is 5.89. The van der Waals surface area contributed by atoms with Gasteiger partial charge in [-0.1, -0.05) is 30.3 Å². The zero-order valence-electron chi connectivity index (χ0n) is 11.6. The molecule has 0 radical (unpaired) electrons. The lowest BCUT2D eigenvalue weighted by Crippen LogP contribution is -2.05. The molecule has 0 fully saturated rings. The molecule has 0 saturated heterocycles. The van der Waals surface area contributed by atoms with Crippen molar-refractivity contribution in [1.82, 2.24) is 9.97 Å². The van der Waals surface area contributed by atoms with Crippen LogP contribution in [0.4, 0.5) is 5.69 Å². The molecule has 3 rings (SSSR count). The summed E-state index contributed by atoms with van der Waals surface area (Å²) in [5.41, 5.74) is 3.75. The molecule has 0 bridgehead atoms. The van der Waals surface area contributed by atoms with Gasteiger partial charge in [0.1, 0.15) is 5.82 Å². The van der Waals surface area contributed by atoms with Crippen molar-refractivity contribution in [3.8, 4) is 0 Å².